The van der Waals surface area contributed by atoms with Crippen molar-refractivity contribution in [1.82, 2.24) is 5.32 Å². The first-order chi connectivity index (χ1) is 6.31. The fourth-order valence-electron chi connectivity index (χ4n) is 1.61. The van der Waals surface area contributed by atoms with E-state index in [0.29, 0.717) is 6.61 Å². The molecule has 1 heterocycles. The molecular weight excluding hydrogens is 166 g/mol. The SMILES string of the molecule is CCNC1COc2cc(O)ccc21. The van der Waals surface area contributed by atoms with Gasteiger partial charge in [0.25, 0.3) is 0 Å². The van der Waals surface area contributed by atoms with Crippen LogP contribution in [0, 0.1) is 0 Å². The molecular formula is C10H13NO2. The predicted molar refractivity (Wildman–Crippen MR) is 50.0 cm³/mol. The van der Waals surface area contributed by atoms with Gasteiger partial charge in [-0.05, 0) is 18.7 Å². The topological polar surface area (TPSA) is 41.5 Å². The lowest BCUT2D eigenvalue weighted by molar-refractivity contribution is 0.312. The molecule has 3 nitrogen and oxygen atoms in total. The molecule has 0 aromatic heterocycles. The van der Waals surface area contributed by atoms with E-state index < -0.39 is 0 Å². The summed E-state index contributed by atoms with van der Waals surface area (Å²) in [6.45, 7) is 3.65. The van der Waals surface area contributed by atoms with E-state index in [9.17, 15) is 5.11 Å². The van der Waals surface area contributed by atoms with Gasteiger partial charge in [0.2, 0.25) is 0 Å². The van der Waals surface area contributed by atoms with Gasteiger partial charge in [-0.15, -0.1) is 0 Å². The summed E-state index contributed by atoms with van der Waals surface area (Å²) in [4.78, 5) is 0. The third-order valence-corrected chi connectivity index (χ3v) is 2.23. The average molecular weight is 179 g/mol. The van der Waals surface area contributed by atoms with Gasteiger partial charge in [-0.1, -0.05) is 6.92 Å². The number of phenols is 1. The van der Waals surface area contributed by atoms with Gasteiger partial charge < -0.3 is 15.2 Å². The molecule has 13 heavy (non-hydrogen) atoms. The number of aromatic hydroxyl groups is 1. The van der Waals surface area contributed by atoms with Gasteiger partial charge in [-0.2, -0.15) is 0 Å². The van der Waals surface area contributed by atoms with E-state index in [1.807, 2.05) is 6.07 Å². The van der Waals surface area contributed by atoms with Crippen LogP contribution >= 0.6 is 0 Å². The maximum atomic E-state index is 9.21. The molecule has 0 spiro atoms. The van der Waals surface area contributed by atoms with Crippen LogP contribution in [0.25, 0.3) is 0 Å². The molecule has 1 aromatic carbocycles. The zero-order valence-electron chi connectivity index (χ0n) is 7.58. The number of fused-ring (bicyclic) bond motifs is 1. The molecule has 3 heteroatoms. The van der Waals surface area contributed by atoms with E-state index in [1.165, 1.54) is 0 Å². The van der Waals surface area contributed by atoms with Gasteiger partial charge in [0.15, 0.2) is 0 Å². The van der Waals surface area contributed by atoms with Gasteiger partial charge in [0, 0.05) is 11.6 Å². The molecule has 0 saturated heterocycles. The van der Waals surface area contributed by atoms with Crippen molar-refractivity contribution >= 4 is 0 Å². The lowest BCUT2D eigenvalue weighted by Crippen LogP contribution is -2.21. The van der Waals surface area contributed by atoms with E-state index in [-0.39, 0.29) is 11.8 Å². The fraction of sp³-hybridized carbons (Fsp3) is 0.400. The molecule has 0 saturated carbocycles. The molecule has 2 rings (SSSR count). The zero-order chi connectivity index (χ0) is 9.26. The number of rotatable bonds is 2. The Hall–Kier alpha value is -1.22. The summed E-state index contributed by atoms with van der Waals surface area (Å²) in [5, 5.41) is 12.5. The molecule has 1 atom stereocenters. The van der Waals surface area contributed by atoms with Crippen LogP contribution in [0.4, 0.5) is 0 Å². The predicted octanol–water partition coefficient (Wildman–Crippen LogP) is 1.44. The molecule has 1 aromatic rings. The number of nitrogens with one attached hydrogen (secondary N) is 1. The largest absolute Gasteiger partial charge is 0.508 e. The highest BCUT2D eigenvalue weighted by molar-refractivity contribution is 5.44. The van der Waals surface area contributed by atoms with Crippen molar-refractivity contribution in [3.63, 3.8) is 0 Å². The lowest BCUT2D eigenvalue weighted by atomic mass is 10.1. The Kier molecular flexibility index (Phi) is 2.10. The molecule has 0 aliphatic carbocycles. The Morgan fingerprint density at radius 2 is 2.46 bits per heavy atom. The zero-order valence-corrected chi connectivity index (χ0v) is 7.58. The van der Waals surface area contributed by atoms with Crippen molar-refractivity contribution in [2.75, 3.05) is 13.2 Å². The Morgan fingerprint density at radius 1 is 1.62 bits per heavy atom. The van der Waals surface area contributed by atoms with Crippen LogP contribution in [0.3, 0.4) is 0 Å². The second-order valence-electron chi connectivity index (χ2n) is 3.14. The first-order valence-electron chi connectivity index (χ1n) is 4.50. The van der Waals surface area contributed by atoms with Crippen molar-refractivity contribution in [2.45, 2.75) is 13.0 Å². The van der Waals surface area contributed by atoms with Crippen molar-refractivity contribution in [3.8, 4) is 11.5 Å². The summed E-state index contributed by atoms with van der Waals surface area (Å²) in [7, 11) is 0. The minimum atomic E-state index is 0.260. The van der Waals surface area contributed by atoms with E-state index >= 15 is 0 Å². The van der Waals surface area contributed by atoms with E-state index in [1.54, 1.807) is 12.1 Å². The van der Waals surface area contributed by atoms with Gasteiger partial charge in [0.05, 0.1) is 6.04 Å². The summed E-state index contributed by atoms with van der Waals surface area (Å²) < 4.78 is 5.42. The number of hydrogen-bond acceptors (Lipinski definition) is 3. The van der Waals surface area contributed by atoms with Crippen molar-refractivity contribution in [1.29, 1.82) is 0 Å². The molecule has 0 fully saturated rings. The smallest absolute Gasteiger partial charge is 0.127 e. The third kappa shape index (κ3) is 1.47. The molecule has 70 valence electrons. The summed E-state index contributed by atoms with van der Waals surface area (Å²) in [6.07, 6.45) is 0. The monoisotopic (exact) mass is 179 g/mol. The quantitative estimate of drug-likeness (QED) is 0.721. The van der Waals surface area contributed by atoms with Gasteiger partial charge in [-0.25, -0.2) is 0 Å². The van der Waals surface area contributed by atoms with Gasteiger partial charge in [0.1, 0.15) is 18.1 Å². The minimum absolute atomic E-state index is 0.260. The van der Waals surface area contributed by atoms with Crippen LogP contribution in [-0.4, -0.2) is 18.3 Å². The van der Waals surface area contributed by atoms with Crippen LogP contribution in [0.5, 0.6) is 11.5 Å². The molecule has 1 aliphatic rings. The molecule has 1 unspecified atom stereocenters. The summed E-state index contributed by atoms with van der Waals surface area (Å²) in [5.41, 5.74) is 1.14. The molecule has 1 aliphatic heterocycles. The van der Waals surface area contributed by atoms with Crippen LogP contribution in [0.2, 0.25) is 0 Å². The summed E-state index contributed by atoms with van der Waals surface area (Å²) >= 11 is 0. The van der Waals surface area contributed by atoms with E-state index in [4.69, 9.17) is 4.74 Å². The fourth-order valence-corrected chi connectivity index (χ4v) is 1.61. The van der Waals surface area contributed by atoms with Gasteiger partial charge >= 0.3 is 0 Å². The highest BCUT2D eigenvalue weighted by Gasteiger charge is 2.22. The molecule has 0 radical (unpaired) electrons. The normalized spacial score (nSPS) is 19.6. The first-order valence-corrected chi connectivity index (χ1v) is 4.50. The van der Waals surface area contributed by atoms with Crippen LogP contribution < -0.4 is 10.1 Å². The molecule has 2 N–H and O–H groups in total. The van der Waals surface area contributed by atoms with Gasteiger partial charge in [-0.3, -0.25) is 0 Å². The second kappa shape index (κ2) is 3.26. The minimum Gasteiger partial charge on any atom is -0.508 e. The maximum Gasteiger partial charge on any atom is 0.127 e. The molecule has 0 amide bonds. The Bertz CT molecular complexity index is 312. The van der Waals surface area contributed by atoms with Crippen LogP contribution in [0.15, 0.2) is 18.2 Å². The standard InChI is InChI=1S/C10H13NO2/c1-2-11-9-6-13-10-5-7(12)3-4-8(9)10/h3-5,9,11-12H,2,6H2,1H3. The van der Waals surface area contributed by atoms with Crippen molar-refractivity contribution < 1.29 is 9.84 Å². The third-order valence-electron chi connectivity index (χ3n) is 2.23. The summed E-state index contributed by atoms with van der Waals surface area (Å²) in [5.74, 6) is 1.06. The van der Waals surface area contributed by atoms with E-state index in [0.717, 1.165) is 17.9 Å². The number of benzene rings is 1. The lowest BCUT2D eigenvalue weighted by Gasteiger charge is -2.08. The Balaban J connectivity index is 2.27. The number of likely N-dealkylation sites (N-methyl/N-ethyl adjacent to an activating group) is 1. The maximum absolute atomic E-state index is 9.21. The van der Waals surface area contributed by atoms with Crippen molar-refractivity contribution in [3.05, 3.63) is 23.8 Å². The van der Waals surface area contributed by atoms with E-state index in [2.05, 4.69) is 12.2 Å². The highest BCUT2D eigenvalue weighted by Crippen LogP contribution is 2.34. The highest BCUT2D eigenvalue weighted by atomic mass is 16.5. The number of phenolic OH excluding ortho intramolecular Hbond substituents is 1. The Labute approximate surface area is 77.3 Å². The van der Waals surface area contributed by atoms with Crippen LogP contribution in [-0.2, 0) is 0 Å². The molecule has 0 bridgehead atoms. The second-order valence-corrected chi connectivity index (χ2v) is 3.14. The first kappa shape index (κ1) is 8.38. The average Bonchev–Trinajstić information content (AvgIpc) is 2.49. The number of hydrogen-bond donors (Lipinski definition) is 2. The number of ether oxygens (including phenoxy) is 1. The Morgan fingerprint density at radius 3 is 3.23 bits per heavy atom. The summed E-state index contributed by atoms with van der Waals surface area (Å²) in [6, 6.07) is 5.54. The van der Waals surface area contributed by atoms with Crippen LogP contribution in [0.1, 0.15) is 18.5 Å². The van der Waals surface area contributed by atoms with Crippen molar-refractivity contribution in [2.24, 2.45) is 0 Å².